The number of nitrogens with one attached hydrogen (secondary N) is 2. The maximum atomic E-state index is 11.6. The van der Waals surface area contributed by atoms with Crippen molar-refractivity contribution >= 4 is 11.9 Å². The first-order valence-electron chi connectivity index (χ1n) is 5.50. The summed E-state index contributed by atoms with van der Waals surface area (Å²) in [5.74, 6) is -0.847. The van der Waals surface area contributed by atoms with Crippen molar-refractivity contribution in [3.05, 3.63) is 0 Å². The molecule has 2 atom stereocenters. The van der Waals surface area contributed by atoms with Gasteiger partial charge in [-0.25, -0.2) is 0 Å². The Morgan fingerprint density at radius 2 is 1.38 bits per heavy atom. The van der Waals surface area contributed by atoms with E-state index in [2.05, 4.69) is 10.6 Å². The first kappa shape index (κ1) is 12.9. The minimum Gasteiger partial charge on any atom is -0.465 e. The molecule has 1 aliphatic rings. The minimum atomic E-state index is -0.659. The van der Waals surface area contributed by atoms with Gasteiger partial charge in [0.05, 0.1) is 13.2 Å². The van der Waals surface area contributed by atoms with Crippen LogP contribution < -0.4 is 10.6 Å². The minimum absolute atomic E-state index is 0.298. The van der Waals surface area contributed by atoms with Crippen LogP contribution in [0.4, 0.5) is 0 Å². The van der Waals surface area contributed by atoms with Gasteiger partial charge < -0.3 is 20.1 Å². The molecule has 6 nitrogen and oxygen atoms in total. The average molecular weight is 230 g/mol. The van der Waals surface area contributed by atoms with E-state index in [9.17, 15) is 9.59 Å². The topological polar surface area (TPSA) is 76.7 Å². The SMILES string of the molecule is CCOC(=O)C1NCCN[C@@H]1C(=O)OCC. The van der Waals surface area contributed by atoms with E-state index in [0.717, 1.165) is 0 Å². The monoisotopic (exact) mass is 230 g/mol. The number of carbonyl (C=O) groups excluding carboxylic acids is 2. The van der Waals surface area contributed by atoms with E-state index >= 15 is 0 Å². The molecule has 1 rings (SSSR count). The van der Waals surface area contributed by atoms with Crippen LogP contribution in [0.5, 0.6) is 0 Å². The fourth-order valence-corrected chi connectivity index (χ4v) is 1.59. The summed E-state index contributed by atoms with van der Waals surface area (Å²) in [7, 11) is 0. The predicted molar refractivity (Wildman–Crippen MR) is 56.8 cm³/mol. The molecule has 1 fully saturated rings. The van der Waals surface area contributed by atoms with Gasteiger partial charge in [-0.2, -0.15) is 0 Å². The van der Waals surface area contributed by atoms with E-state index in [4.69, 9.17) is 9.47 Å². The molecule has 92 valence electrons. The number of rotatable bonds is 4. The highest BCUT2D eigenvalue weighted by Gasteiger charge is 2.37. The Morgan fingerprint density at radius 1 is 1.00 bits per heavy atom. The standard InChI is InChI=1S/C10H18N2O4/c1-3-15-9(13)7-8(10(14)16-4-2)12-6-5-11-7/h7-8,11-12H,3-6H2,1-2H3/t7-,8?/m0/s1. The molecule has 0 radical (unpaired) electrons. The van der Waals surface area contributed by atoms with Crippen molar-refractivity contribution in [1.29, 1.82) is 0 Å². The van der Waals surface area contributed by atoms with Gasteiger partial charge in [0.2, 0.25) is 0 Å². The smallest absolute Gasteiger partial charge is 0.325 e. The van der Waals surface area contributed by atoms with E-state index in [1.807, 2.05) is 0 Å². The van der Waals surface area contributed by atoms with Crippen molar-refractivity contribution in [2.24, 2.45) is 0 Å². The number of esters is 2. The molecule has 0 aliphatic carbocycles. The molecule has 1 heterocycles. The molecule has 6 heteroatoms. The summed E-state index contributed by atoms with van der Waals surface area (Å²) < 4.78 is 9.78. The largest absolute Gasteiger partial charge is 0.465 e. The van der Waals surface area contributed by atoms with Crippen LogP contribution in [0.1, 0.15) is 13.8 Å². The number of hydrogen-bond donors (Lipinski definition) is 2. The highest BCUT2D eigenvalue weighted by atomic mass is 16.5. The Morgan fingerprint density at radius 3 is 1.69 bits per heavy atom. The highest BCUT2D eigenvalue weighted by Crippen LogP contribution is 2.03. The van der Waals surface area contributed by atoms with Crippen molar-refractivity contribution in [1.82, 2.24) is 10.6 Å². The van der Waals surface area contributed by atoms with Crippen LogP contribution in [-0.2, 0) is 19.1 Å². The Hall–Kier alpha value is -1.14. The normalized spacial score (nSPS) is 24.9. The first-order valence-corrected chi connectivity index (χ1v) is 5.50. The predicted octanol–water partition coefficient (Wildman–Crippen LogP) is -0.957. The van der Waals surface area contributed by atoms with E-state index in [1.165, 1.54) is 0 Å². The fourth-order valence-electron chi connectivity index (χ4n) is 1.59. The molecule has 0 saturated carbocycles. The number of piperazine rings is 1. The molecule has 0 amide bonds. The lowest BCUT2D eigenvalue weighted by Crippen LogP contribution is -2.63. The van der Waals surface area contributed by atoms with Gasteiger partial charge in [-0.3, -0.25) is 9.59 Å². The van der Waals surface area contributed by atoms with Gasteiger partial charge in [0.15, 0.2) is 0 Å². The molecular weight excluding hydrogens is 212 g/mol. The van der Waals surface area contributed by atoms with Gasteiger partial charge in [0.1, 0.15) is 12.1 Å². The van der Waals surface area contributed by atoms with Crippen LogP contribution in [0.2, 0.25) is 0 Å². The molecule has 0 aromatic rings. The number of carbonyl (C=O) groups is 2. The Balaban J connectivity index is 2.63. The second kappa shape index (κ2) is 6.44. The van der Waals surface area contributed by atoms with Crippen LogP contribution in [0.3, 0.4) is 0 Å². The maximum Gasteiger partial charge on any atom is 0.325 e. The first-order chi connectivity index (χ1) is 7.70. The van der Waals surface area contributed by atoms with Crippen molar-refractivity contribution < 1.29 is 19.1 Å². The van der Waals surface area contributed by atoms with Gasteiger partial charge in [0.25, 0.3) is 0 Å². The van der Waals surface area contributed by atoms with Crippen molar-refractivity contribution in [2.75, 3.05) is 26.3 Å². The van der Waals surface area contributed by atoms with E-state index in [0.29, 0.717) is 26.3 Å². The molecule has 0 aromatic carbocycles. The van der Waals surface area contributed by atoms with Crippen molar-refractivity contribution in [3.8, 4) is 0 Å². The van der Waals surface area contributed by atoms with Crippen molar-refractivity contribution in [3.63, 3.8) is 0 Å². The molecule has 1 aliphatic heterocycles. The third-order valence-electron chi connectivity index (χ3n) is 2.27. The van der Waals surface area contributed by atoms with Gasteiger partial charge in [-0.15, -0.1) is 0 Å². The highest BCUT2D eigenvalue weighted by molar-refractivity contribution is 5.87. The van der Waals surface area contributed by atoms with E-state index in [-0.39, 0.29) is 0 Å². The molecule has 0 aromatic heterocycles. The third-order valence-corrected chi connectivity index (χ3v) is 2.27. The second-order valence-electron chi connectivity index (χ2n) is 3.37. The Bertz CT molecular complexity index is 231. The van der Waals surface area contributed by atoms with Gasteiger partial charge in [-0.05, 0) is 13.8 Å². The second-order valence-corrected chi connectivity index (χ2v) is 3.37. The summed E-state index contributed by atoms with van der Waals surface area (Å²) in [6, 6.07) is -1.32. The van der Waals surface area contributed by atoms with Gasteiger partial charge >= 0.3 is 11.9 Å². The molecule has 16 heavy (non-hydrogen) atoms. The molecule has 1 saturated heterocycles. The summed E-state index contributed by atoms with van der Waals surface area (Å²) in [4.78, 5) is 23.2. The summed E-state index contributed by atoms with van der Waals surface area (Å²) in [6.07, 6.45) is 0. The lowest BCUT2D eigenvalue weighted by Gasteiger charge is -2.30. The quantitative estimate of drug-likeness (QED) is 0.606. The number of hydrogen-bond acceptors (Lipinski definition) is 6. The average Bonchev–Trinajstić information content (AvgIpc) is 2.30. The zero-order valence-electron chi connectivity index (χ0n) is 9.62. The fraction of sp³-hybridized carbons (Fsp3) is 0.800. The van der Waals surface area contributed by atoms with Crippen LogP contribution >= 0.6 is 0 Å². The summed E-state index contributed by atoms with van der Waals surface area (Å²) in [5.41, 5.74) is 0. The zero-order valence-corrected chi connectivity index (χ0v) is 9.62. The van der Waals surface area contributed by atoms with Crippen LogP contribution in [0.25, 0.3) is 0 Å². The number of ether oxygens (including phenoxy) is 2. The zero-order chi connectivity index (χ0) is 12.0. The van der Waals surface area contributed by atoms with Gasteiger partial charge in [0, 0.05) is 13.1 Å². The Kier molecular flexibility index (Phi) is 5.21. The van der Waals surface area contributed by atoms with Crippen molar-refractivity contribution in [2.45, 2.75) is 25.9 Å². The van der Waals surface area contributed by atoms with Crippen LogP contribution in [0, 0.1) is 0 Å². The third kappa shape index (κ3) is 3.18. The summed E-state index contributed by atoms with van der Waals surface area (Å²) >= 11 is 0. The van der Waals surface area contributed by atoms with Gasteiger partial charge in [-0.1, -0.05) is 0 Å². The van der Waals surface area contributed by atoms with Crippen LogP contribution in [-0.4, -0.2) is 50.3 Å². The Labute approximate surface area is 94.7 Å². The lowest BCUT2D eigenvalue weighted by molar-refractivity contribution is -0.155. The molecule has 2 N–H and O–H groups in total. The summed E-state index contributed by atoms with van der Waals surface area (Å²) in [6.45, 7) is 5.30. The molecule has 0 bridgehead atoms. The van der Waals surface area contributed by atoms with E-state index < -0.39 is 24.0 Å². The summed E-state index contributed by atoms with van der Waals surface area (Å²) in [5, 5.41) is 5.91. The molecule has 1 unspecified atom stereocenters. The molecular formula is C10H18N2O4. The van der Waals surface area contributed by atoms with Crippen LogP contribution in [0.15, 0.2) is 0 Å². The van der Waals surface area contributed by atoms with E-state index in [1.54, 1.807) is 13.8 Å². The molecule has 0 spiro atoms. The maximum absolute atomic E-state index is 11.6. The lowest BCUT2D eigenvalue weighted by atomic mass is 10.1.